The molecule has 16 heavy (non-hydrogen) atoms. The molecule has 6 heteroatoms. The Bertz CT molecular complexity index is 425. The summed E-state index contributed by atoms with van der Waals surface area (Å²) >= 11 is 0. The van der Waals surface area contributed by atoms with Gasteiger partial charge in [0.05, 0.1) is 6.20 Å². The first-order valence-electron chi connectivity index (χ1n) is 5.26. The molecule has 1 aromatic heterocycles. The number of aryl methyl sites for hydroxylation is 1. The van der Waals surface area contributed by atoms with E-state index in [2.05, 4.69) is 10.4 Å². The van der Waals surface area contributed by atoms with Crippen molar-refractivity contribution in [2.24, 2.45) is 7.05 Å². The molecule has 1 N–H and O–H groups in total. The molecular formula is C10H19N3O2S. The molecule has 0 spiro atoms. The van der Waals surface area contributed by atoms with E-state index in [1.807, 2.05) is 26.5 Å². The average Bonchev–Trinajstić information content (AvgIpc) is 2.58. The van der Waals surface area contributed by atoms with Crippen LogP contribution in [0.1, 0.15) is 24.4 Å². The summed E-state index contributed by atoms with van der Waals surface area (Å²) in [5, 5.41) is 7.27. The van der Waals surface area contributed by atoms with Crippen LogP contribution in [0.15, 0.2) is 12.4 Å². The fraction of sp³-hybridized carbons (Fsp3) is 0.700. The van der Waals surface area contributed by atoms with Crippen molar-refractivity contribution in [1.82, 2.24) is 15.1 Å². The lowest BCUT2D eigenvalue weighted by Crippen LogP contribution is -2.17. The molecule has 5 nitrogen and oxygen atoms in total. The van der Waals surface area contributed by atoms with Crippen molar-refractivity contribution in [3.05, 3.63) is 18.0 Å². The Morgan fingerprint density at radius 3 is 2.69 bits per heavy atom. The van der Waals surface area contributed by atoms with Crippen molar-refractivity contribution in [2.75, 3.05) is 19.1 Å². The normalized spacial score (nSPS) is 13.9. The van der Waals surface area contributed by atoms with E-state index in [0.717, 1.165) is 12.0 Å². The molecule has 1 rings (SSSR count). The molecule has 1 heterocycles. The zero-order valence-corrected chi connectivity index (χ0v) is 10.8. The largest absolute Gasteiger partial charge is 0.313 e. The van der Waals surface area contributed by atoms with Gasteiger partial charge in [0.15, 0.2) is 0 Å². The van der Waals surface area contributed by atoms with Gasteiger partial charge in [-0.05, 0) is 19.9 Å². The predicted molar refractivity (Wildman–Crippen MR) is 64.0 cm³/mol. The number of aromatic nitrogens is 2. The van der Waals surface area contributed by atoms with E-state index in [0.29, 0.717) is 6.42 Å². The van der Waals surface area contributed by atoms with Crippen LogP contribution in [-0.2, 0) is 16.9 Å². The van der Waals surface area contributed by atoms with E-state index >= 15 is 0 Å². The molecule has 0 saturated heterocycles. The topological polar surface area (TPSA) is 64.0 Å². The quantitative estimate of drug-likeness (QED) is 0.793. The van der Waals surface area contributed by atoms with Gasteiger partial charge in [0.2, 0.25) is 0 Å². The summed E-state index contributed by atoms with van der Waals surface area (Å²) in [5.41, 5.74) is 1.10. The number of sulfone groups is 1. The fourth-order valence-corrected chi connectivity index (χ4v) is 2.34. The summed E-state index contributed by atoms with van der Waals surface area (Å²) in [7, 11) is 0.887. The maximum atomic E-state index is 11.0. The van der Waals surface area contributed by atoms with Crippen LogP contribution in [0.5, 0.6) is 0 Å². The summed E-state index contributed by atoms with van der Waals surface area (Å²) in [6.45, 7) is 0. The molecule has 0 aliphatic heterocycles. The molecule has 0 bridgehead atoms. The summed E-state index contributed by atoms with van der Waals surface area (Å²) in [4.78, 5) is 0. The Morgan fingerprint density at radius 2 is 2.25 bits per heavy atom. The number of rotatable bonds is 6. The van der Waals surface area contributed by atoms with E-state index in [9.17, 15) is 8.42 Å². The maximum absolute atomic E-state index is 11.0. The molecule has 0 radical (unpaired) electrons. The van der Waals surface area contributed by atoms with Gasteiger partial charge in [-0.3, -0.25) is 4.68 Å². The molecule has 0 aromatic carbocycles. The van der Waals surface area contributed by atoms with Crippen LogP contribution in [0.3, 0.4) is 0 Å². The lowest BCUT2D eigenvalue weighted by Gasteiger charge is -2.13. The van der Waals surface area contributed by atoms with Gasteiger partial charge in [-0.15, -0.1) is 0 Å². The van der Waals surface area contributed by atoms with Gasteiger partial charge in [0.25, 0.3) is 0 Å². The second kappa shape index (κ2) is 5.45. The first-order valence-corrected chi connectivity index (χ1v) is 7.32. The summed E-state index contributed by atoms with van der Waals surface area (Å²) in [6, 6.07) is 0.176. The molecule has 0 aliphatic carbocycles. The third-order valence-corrected chi connectivity index (χ3v) is 3.51. The van der Waals surface area contributed by atoms with Gasteiger partial charge in [-0.2, -0.15) is 5.10 Å². The zero-order chi connectivity index (χ0) is 12.2. The second-order valence-electron chi connectivity index (χ2n) is 4.06. The molecule has 1 atom stereocenters. The van der Waals surface area contributed by atoms with E-state index in [1.165, 1.54) is 6.26 Å². The van der Waals surface area contributed by atoms with Gasteiger partial charge >= 0.3 is 0 Å². The molecule has 1 aromatic rings. The van der Waals surface area contributed by atoms with Crippen LogP contribution in [0, 0.1) is 0 Å². The standard InChI is InChI=1S/C10H19N3O2S/c1-11-10(5-4-6-16(3,14)15)9-7-12-13(2)8-9/h7-8,10-11H,4-6H2,1-3H3. The lowest BCUT2D eigenvalue weighted by atomic mass is 10.1. The van der Waals surface area contributed by atoms with Gasteiger partial charge < -0.3 is 5.32 Å². The Kier molecular flexibility index (Phi) is 4.49. The minimum Gasteiger partial charge on any atom is -0.313 e. The third-order valence-electron chi connectivity index (χ3n) is 2.48. The van der Waals surface area contributed by atoms with Gasteiger partial charge in [-0.1, -0.05) is 0 Å². The summed E-state index contributed by atoms with van der Waals surface area (Å²) in [6.07, 6.45) is 6.49. The highest BCUT2D eigenvalue weighted by molar-refractivity contribution is 7.90. The van der Waals surface area contributed by atoms with Gasteiger partial charge in [-0.25, -0.2) is 8.42 Å². The van der Waals surface area contributed by atoms with Gasteiger partial charge in [0, 0.05) is 36.9 Å². The summed E-state index contributed by atoms with van der Waals surface area (Å²) in [5.74, 6) is 0.242. The van der Waals surface area contributed by atoms with Crippen molar-refractivity contribution < 1.29 is 8.42 Å². The fourth-order valence-electron chi connectivity index (χ4n) is 1.65. The van der Waals surface area contributed by atoms with Crippen molar-refractivity contribution in [1.29, 1.82) is 0 Å². The molecule has 0 amide bonds. The van der Waals surface area contributed by atoms with E-state index in [-0.39, 0.29) is 11.8 Å². The highest BCUT2D eigenvalue weighted by atomic mass is 32.2. The van der Waals surface area contributed by atoms with Crippen LogP contribution < -0.4 is 5.32 Å². The first kappa shape index (κ1) is 13.2. The molecule has 0 aliphatic rings. The second-order valence-corrected chi connectivity index (χ2v) is 6.32. The zero-order valence-electron chi connectivity index (χ0n) is 9.97. The highest BCUT2D eigenvalue weighted by Crippen LogP contribution is 2.17. The highest BCUT2D eigenvalue weighted by Gasteiger charge is 2.12. The SMILES string of the molecule is CNC(CCCS(C)(=O)=O)c1cnn(C)c1. The van der Waals surface area contributed by atoms with E-state index in [1.54, 1.807) is 4.68 Å². The van der Waals surface area contributed by atoms with Crippen LogP contribution in [0.2, 0.25) is 0 Å². The smallest absolute Gasteiger partial charge is 0.147 e. The van der Waals surface area contributed by atoms with E-state index < -0.39 is 9.84 Å². The number of hydrogen-bond acceptors (Lipinski definition) is 4. The lowest BCUT2D eigenvalue weighted by molar-refractivity contribution is 0.536. The first-order chi connectivity index (χ1) is 7.42. The van der Waals surface area contributed by atoms with Gasteiger partial charge in [0.1, 0.15) is 9.84 Å². The molecular weight excluding hydrogens is 226 g/mol. The van der Waals surface area contributed by atoms with Crippen LogP contribution in [0.25, 0.3) is 0 Å². The molecule has 92 valence electrons. The predicted octanol–water partition coefficient (Wildman–Crippen LogP) is 0.505. The van der Waals surface area contributed by atoms with E-state index in [4.69, 9.17) is 0 Å². The van der Waals surface area contributed by atoms with Crippen molar-refractivity contribution in [3.8, 4) is 0 Å². The Morgan fingerprint density at radius 1 is 1.56 bits per heavy atom. The Labute approximate surface area is 96.8 Å². The van der Waals surface area contributed by atoms with Crippen molar-refractivity contribution >= 4 is 9.84 Å². The minimum atomic E-state index is -2.85. The number of nitrogens with zero attached hydrogens (tertiary/aromatic N) is 2. The summed E-state index contributed by atoms with van der Waals surface area (Å²) < 4.78 is 23.8. The molecule has 1 unspecified atom stereocenters. The minimum absolute atomic E-state index is 0.176. The third kappa shape index (κ3) is 4.32. The maximum Gasteiger partial charge on any atom is 0.147 e. The Balaban J connectivity index is 2.50. The molecule has 0 fully saturated rings. The van der Waals surface area contributed by atoms with Crippen LogP contribution in [0.4, 0.5) is 0 Å². The number of hydrogen-bond donors (Lipinski definition) is 1. The average molecular weight is 245 g/mol. The van der Waals surface area contributed by atoms with Crippen LogP contribution in [-0.4, -0.2) is 37.3 Å². The van der Waals surface area contributed by atoms with Crippen molar-refractivity contribution in [3.63, 3.8) is 0 Å². The molecule has 0 saturated carbocycles. The van der Waals surface area contributed by atoms with Crippen LogP contribution >= 0.6 is 0 Å². The Hall–Kier alpha value is -0.880. The monoisotopic (exact) mass is 245 g/mol. The number of nitrogens with one attached hydrogen (secondary N) is 1. The van der Waals surface area contributed by atoms with Crippen molar-refractivity contribution in [2.45, 2.75) is 18.9 Å².